The monoisotopic (exact) mass is 228 g/mol. The predicted molar refractivity (Wildman–Crippen MR) is 58.2 cm³/mol. The lowest BCUT2D eigenvalue weighted by Gasteiger charge is -2.13. The van der Waals surface area contributed by atoms with E-state index in [1.54, 1.807) is 6.07 Å². The van der Waals surface area contributed by atoms with Gasteiger partial charge in [0.05, 0.1) is 10.6 Å². The minimum absolute atomic E-state index is 0.116. The fourth-order valence-corrected chi connectivity index (χ4v) is 2.20. The van der Waals surface area contributed by atoms with Gasteiger partial charge in [-0.15, -0.1) is 0 Å². The van der Waals surface area contributed by atoms with Crippen LogP contribution in [0.4, 0.5) is 0 Å². The van der Waals surface area contributed by atoms with Gasteiger partial charge in [-0.05, 0) is 41.5 Å². The first-order valence-corrected chi connectivity index (χ1v) is 5.29. The van der Waals surface area contributed by atoms with Crippen molar-refractivity contribution in [2.24, 2.45) is 0 Å². The Bertz CT molecular complexity index is 394. The summed E-state index contributed by atoms with van der Waals surface area (Å²) in [7, 11) is 0. The van der Waals surface area contributed by atoms with Crippen molar-refractivity contribution >= 4 is 28.4 Å². The van der Waals surface area contributed by atoms with Gasteiger partial charge in [-0.1, -0.05) is 30.7 Å². The van der Waals surface area contributed by atoms with Gasteiger partial charge in [0.15, 0.2) is 0 Å². The average Bonchev–Trinajstić information content (AvgIpc) is 2.84. The number of halogens is 2. The summed E-state index contributed by atoms with van der Waals surface area (Å²) in [6.45, 7) is 2.13. The molecule has 74 valence electrons. The third-order valence-electron chi connectivity index (χ3n) is 2.86. The van der Waals surface area contributed by atoms with E-state index in [-0.39, 0.29) is 5.41 Å². The molecule has 3 heteroatoms. The molecule has 0 heterocycles. The van der Waals surface area contributed by atoms with Crippen molar-refractivity contribution in [3.63, 3.8) is 0 Å². The van der Waals surface area contributed by atoms with E-state index in [9.17, 15) is 4.79 Å². The summed E-state index contributed by atoms with van der Waals surface area (Å²) >= 11 is 11.5. The molecule has 1 aliphatic rings. The Morgan fingerprint density at radius 3 is 2.57 bits per heavy atom. The van der Waals surface area contributed by atoms with Crippen LogP contribution in [-0.4, -0.2) is 5.24 Å². The number of rotatable bonds is 2. The molecule has 1 aromatic rings. The first-order chi connectivity index (χ1) is 6.54. The SMILES string of the molecule is CC1(c2cccc(Cl)c2C(=O)Cl)CC1. The van der Waals surface area contributed by atoms with Crippen LogP contribution in [0.1, 0.15) is 35.7 Å². The summed E-state index contributed by atoms with van der Waals surface area (Å²) in [6.07, 6.45) is 2.20. The molecule has 1 saturated carbocycles. The van der Waals surface area contributed by atoms with Gasteiger partial charge in [0, 0.05) is 0 Å². The Hall–Kier alpha value is -0.530. The molecule has 0 N–H and O–H groups in total. The molecular formula is C11H10Cl2O. The highest BCUT2D eigenvalue weighted by Gasteiger charge is 2.41. The Balaban J connectivity index is 2.59. The molecule has 0 atom stereocenters. The van der Waals surface area contributed by atoms with Crippen molar-refractivity contribution < 1.29 is 4.79 Å². The van der Waals surface area contributed by atoms with Gasteiger partial charge in [-0.2, -0.15) is 0 Å². The maximum Gasteiger partial charge on any atom is 0.254 e. The molecule has 0 aliphatic heterocycles. The second-order valence-electron chi connectivity index (χ2n) is 4.00. The third kappa shape index (κ3) is 1.55. The molecule has 1 fully saturated rings. The van der Waals surface area contributed by atoms with Crippen molar-refractivity contribution in [3.8, 4) is 0 Å². The third-order valence-corrected chi connectivity index (χ3v) is 3.36. The van der Waals surface area contributed by atoms with Crippen LogP contribution >= 0.6 is 23.2 Å². The fourth-order valence-electron chi connectivity index (χ4n) is 1.68. The number of carbonyl (C=O) groups excluding carboxylic acids is 1. The largest absolute Gasteiger partial charge is 0.276 e. The second kappa shape index (κ2) is 3.25. The van der Waals surface area contributed by atoms with E-state index in [0.29, 0.717) is 10.6 Å². The second-order valence-corrected chi connectivity index (χ2v) is 4.75. The van der Waals surface area contributed by atoms with Gasteiger partial charge in [0.1, 0.15) is 0 Å². The van der Waals surface area contributed by atoms with E-state index < -0.39 is 5.24 Å². The van der Waals surface area contributed by atoms with Gasteiger partial charge >= 0.3 is 0 Å². The number of carbonyl (C=O) groups is 1. The van der Waals surface area contributed by atoms with E-state index >= 15 is 0 Å². The van der Waals surface area contributed by atoms with Crippen molar-refractivity contribution in [1.82, 2.24) is 0 Å². The summed E-state index contributed by atoms with van der Waals surface area (Å²) in [4.78, 5) is 11.2. The van der Waals surface area contributed by atoms with Crippen molar-refractivity contribution in [2.45, 2.75) is 25.2 Å². The summed E-state index contributed by atoms with van der Waals surface area (Å²) < 4.78 is 0. The zero-order valence-corrected chi connectivity index (χ0v) is 9.32. The van der Waals surface area contributed by atoms with Gasteiger partial charge in [-0.25, -0.2) is 0 Å². The van der Waals surface area contributed by atoms with E-state index in [1.165, 1.54) is 0 Å². The lowest BCUT2D eigenvalue weighted by molar-refractivity contribution is 0.108. The van der Waals surface area contributed by atoms with Crippen LogP contribution in [-0.2, 0) is 5.41 Å². The van der Waals surface area contributed by atoms with Gasteiger partial charge < -0.3 is 0 Å². The quantitative estimate of drug-likeness (QED) is 0.705. The molecular weight excluding hydrogens is 219 g/mol. The lowest BCUT2D eigenvalue weighted by atomic mass is 9.93. The molecule has 0 amide bonds. The smallest absolute Gasteiger partial charge is 0.254 e. The highest BCUT2D eigenvalue weighted by atomic mass is 35.5. The van der Waals surface area contributed by atoms with E-state index in [2.05, 4.69) is 6.92 Å². The topological polar surface area (TPSA) is 17.1 Å². The summed E-state index contributed by atoms with van der Waals surface area (Å²) in [5.74, 6) is 0. The fraction of sp³-hybridized carbons (Fsp3) is 0.364. The molecule has 0 bridgehead atoms. The highest BCUT2D eigenvalue weighted by Crippen LogP contribution is 2.49. The summed E-state index contributed by atoms with van der Waals surface area (Å²) in [6, 6.07) is 5.51. The molecule has 1 aromatic carbocycles. The summed E-state index contributed by atoms with van der Waals surface area (Å²) in [5.41, 5.74) is 1.59. The Labute approximate surface area is 93.0 Å². The summed E-state index contributed by atoms with van der Waals surface area (Å²) in [5, 5.41) is -0.00523. The van der Waals surface area contributed by atoms with Gasteiger partial charge in [0.2, 0.25) is 0 Å². The zero-order valence-electron chi connectivity index (χ0n) is 7.81. The molecule has 0 radical (unpaired) electrons. The van der Waals surface area contributed by atoms with Crippen LogP contribution < -0.4 is 0 Å². The molecule has 0 aromatic heterocycles. The Morgan fingerprint density at radius 2 is 2.07 bits per heavy atom. The maximum atomic E-state index is 11.2. The molecule has 2 rings (SSSR count). The first-order valence-electron chi connectivity index (χ1n) is 4.53. The van der Waals surface area contributed by atoms with Crippen LogP contribution in [0.2, 0.25) is 5.02 Å². The molecule has 0 unspecified atom stereocenters. The normalized spacial score (nSPS) is 17.9. The van der Waals surface area contributed by atoms with Crippen LogP contribution in [0.3, 0.4) is 0 Å². The average molecular weight is 229 g/mol. The lowest BCUT2D eigenvalue weighted by Crippen LogP contribution is -2.07. The van der Waals surface area contributed by atoms with Crippen LogP contribution in [0.15, 0.2) is 18.2 Å². The van der Waals surface area contributed by atoms with E-state index in [1.807, 2.05) is 12.1 Å². The highest BCUT2D eigenvalue weighted by molar-refractivity contribution is 6.69. The Morgan fingerprint density at radius 1 is 1.43 bits per heavy atom. The van der Waals surface area contributed by atoms with Crippen LogP contribution in [0.5, 0.6) is 0 Å². The van der Waals surface area contributed by atoms with Crippen molar-refractivity contribution in [3.05, 3.63) is 34.3 Å². The molecule has 1 nitrogen and oxygen atoms in total. The number of benzene rings is 1. The van der Waals surface area contributed by atoms with Gasteiger partial charge in [-0.3, -0.25) is 4.79 Å². The van der Waals surface area contributed by atoms with Crippen molar-refractivity contribution in [2.75, 3.05) is 0 Å². The standard InChI is InChI=1S/C11H10Cl2O/c1-11(5-6-11)7-3-2-4-8(12)9(7)10(13)14/h2-4H,5-6H2,1H3. The molecule has 1 aliphatic carbocycles. The number of hydrogen-bond acceptors (Lipinski definition) is 1. The maximum absolute atomic E-state index is 11.2. The molecule has 14 heavy (non-hydrogen) atoms. The van der Waals surface area contributed by atoms with Crippen LogP contribution in [0, 0.1) is 0 Å². The molecule has 0 spiro atoms. The minimum Gasteiger partial charge on any atom is -0.276 e. The molecule has 0 saturated heterocycles. The predicted octanol–water partition coefficient (Wildman–Crippen LogP) is 3.77. The van der Waals surface area contributed by atoms with Crippen molar-refractivity contribution in [1.29, 1.82) is 0 Å². The van der Waals surface area contributed by atoms with Crippen LogP contribution in [0.25, 0.3) is 0 Å². The Kier molecular flexibility index (Phi) is 2.32. The minimum atomic E-state index is -0.460. The van der Waals surface area contributed by atoms with E-state index in [0.717, 1.165) is 18.4 Å². The number of hydrogen-bond donors (Lipinski definition) is 0. The van der Waals surface area contributed by atoms with Gasteiger partial charge in [0.25, 0.3) is 5.24 Å². The van der Waals surface area contributed by atoms with E-state index in [4.69, 9.17) is 23.2 Å². The first kappa shape index (κ1) is 10.0. The zero-order chi connectivity index (χ0) is 10.3.